The number of benzene rings is 2. The van der Waals surface area contributed by atoms with E-state index in [9.17, 15) is 9.59 Å². The van der Waals surface area contributed by atoms with Gasteiger partial charge in [0.05, 0.1) is 20.8 Å². The summed E-state index contributed by atoms with van der Waals surface area (Å²) in [5.41, 5.74) is 1.34. The normalized spacial score (nSPS) is 10.0. The Morgan fingerprint density at radius 2 is 1.55 bits per heavy atom. The second kappa shape index (κ2) is 11.4. The quantitative estimate of drug-likeness (QED) is 0.594. The minimum atomic E-state index is -0.523. The predicted molar refractivity (Wildman–Crippen MR) is 108 cm³/mol. The molecule has 0 radical (unpaired) electrons. The molecule has 0 aliphatic rings. The molecule has 2 amide bonds. The van der Waals surface area contributed by atoms with Crippen LogP contribution in [-0.2, 0) is 11.3 Å². The van der Waals surface area contributed by atoms with Gasteiger partial charge in [-0.1, -0.05) is 30.3 Å². The van der Waals surface area contributed by atoms with Crippen LogP contribution in [0.3, 0.4) is 0 Å². The van der Waals surface area contributed by atoms with Crippen molar-refractivity contribution < 1.29 is 28.5 Å². The topological polar surface area (TPSA) is 95.1 Å². The number of rotatable bonds is 10. The Morgan fingerprint density at radius 1 is 0.931 bits per heavy atom. The number of carbonyl (C=O) groups is 2. The zero-order valence-electron chi connectivity index (χ0n) is 16.8. The number of methoxy groups -OCH3 is 2. The van der Waals surface area contributed by atoms with E-state index in [4.69, 9.17) is 18.9 Å². The third kappa shape index (κ3) is 6.60. The van der Waals surface area contributed by atoms with Gasteiger partial charge in [0.15, 0.2) is 11.5 Å². The first kappa shape index (κ1) is 21.9. The maximum absolute atomic E-state index is 12.4. The fourth-order valence-corrected chi connectivity index (χ4v) is 2.51. The van der Waals surface area contributed by atoms with Gasteiger partial charge < -0.3 is 29.6 Å². The number of alkyl carbamates (subject to hydrolysis) is 1. The minimum absolute atomic E-state index is 0.245. The molecule has 0 aliphatic heterocycles. The number of hydrogen-bond acceptors (Lipinski definition) is 6. The van der Waals surface area contributed by atoms with Gasteiger partial charge in [-0.3, -0.25) is 4.79 Å². The van der Waals surface area contributed by atoms with Crippen molar-refractivity contribution in [2.45, 2.75) is 13.5 Å². The van der Waals surface area contributed by atoms with Crippen LogP contribution in [0.15, 0.2) is 42.5 Å². The van der Waals surface area contributed by atoms with Gasteiger partial charge in [0.1, 0.15) is 6.61 Å². The van der Waals surface area contributed by atoms with E-state index in [0.29, 0.717) is 29.4 Å². The molecule has 2 aromatic carbocycles. The molecule has 0 atom stereocenters. The lowest BCUT2D eigenvalue weighted by Crippen LogP contribution is -2.35. The second-order valence-electron chi connectivity index (χ2n) is 5.89. The summed E-state index contributed by atoms with van der Waals surface area (Å²) in [6.45, 7) is 2.83. The smallest absolute Gasteiger partial charge is 0.407 e. The van der Waals surface area contributed by atoms with Crippen molar-refractivity contribution >= 4 is 12.0 Å². The molecule has 2 rings (SSSR count). The lowest BCUT2D eigenvalue weighted by molar-refractivity contribution is 0.0951. The summed E-state index contributed by atoms with van der Waals surface area (Å²) in [6, 6.07) is 12.8. The first-order chi connectivity index (χ1) is 14.1. The average molecular weight is 402 g/mol. The van der Waals surface area contributed by atoms with Gasteiger partial charge in [-0.15, -0.1) is 0 Å². The predicted octanol–water partition coefficient (Wildman–Crippen LogP) is 2.76. The SMILES string of the molecule is CCOC(=O)NCCNC(=O)c1cc(OC)c(OCc2ccccc2)c(OC)c1. The summed E-state index contributed by atoms with van der Waals surface area (Å²) in [5, 5.41) is 5.25. The van der Waals surface area contributed by atoms with E-state index < -0.39 is 6.09 Å². The molecule has 8 nitrogen and oxygen atoms in total. The summed E-state index contributed by atoms with van der Waals surface area (Å²) < 4.78 is 21.4. The second-order valence-corrected chi connectivity index (χ2v) is 5.89. The van der Waals surface area contributed by atoms with Gasteiger partial charge in [0.25, 0.3) is 5.91 Å². The van der Waals surface area contributed by atoms with Gasteiger partial charge in [-0.2, -0.15) is 0 Å². The average Bonchev–Trinajstić information content (AvgIpc) is 2.75. The first-order valence-corrected chi connectivity index (χ1v) is 9.20. The van der Waals surface area contributed by atoms with E-state index in [1.54, 1.807) is 19.1 Å². The van der Waals surface area contributed by atoms with Gasteiger partial charge in [0.2, 0.25) is 5.75 Å². The number of carbonyl (C=O) groups excluding carboxylic acids is 2. The molecular formula is C21H26N2O6. The van der Waals surface area contributed by atoms with Crippen LogP contribution in [0, 0.1) is 0 Å². The van der Waals surface area contributed by atoms with Crippen molar-refractivity contribution in [2.24, 2.45) is 0 Å². The summed E-state index contributed by atoms with van der Waals surface area (Å²) in [7, 11) is 2.99. The molecule has 2 aromatic rings. The van der Waals surface area contributed by atoms with Gasteiger partial charge in [-0.25, -0.2) is 4.79 Å². The highest BCUT2D eigenvalue weighted by Crippen LogP contribution is 2.39. The molecule has 156 valence electrons. The van der Waals surface area contributed by atoms with E-state index >= 15 is 0 Å². The molecular weight excluding hydrogens is 376 g/mol. The van der Waals surface area contributed by atoms with E-state index in [1.807, 2.05) is 30.3 Å². The van der Waals surface area contributed by atoms with Crippen LogP contribution >= 0.6 is 0 Å². The van der Waals surface area contributed by atoms with Gasteiger partial charge >= 0.3 is 6.09 Å². The van der Waals surface area contributed by atoms with E-state index in [-0.39, 0.29) is 25.6 Å². The Bertz CT molecular complexity index is 785. The van der Waals surface area contributed by atoms with Crippen molar-refractivity contribution in [1.82, 2.24) is 10.6 Å². The molecule has 29 heavy (non-hydrogen) atoms. The zero-order chi connectivity index (χ0) is 21.1. The number of amides is 2. The van der Waals surface area contributed by atoms with Crippen molar-refractivity contribution in [3.63, 3.8) is 0 Å². The Labute approximate surface area is 170 Å². The van der Waals surface area contributed by atoms with Crippen LogP contribution in [0.4, 0.5) is 4.79 Å². The van der Waals surface area contributed by atoms with Crippen molar-refractivity contribution in [3.8, 4) is 17.2 Å². The third-order valence-corrected chi connectivity index (χ3v) is 3.90. The van der Waals surface area contributed by atoms with Crippen LogP contribution in [0.25, 0.3) is 0 Å². The zero-order valence-corrected chi connectivity index (χ0v) is 16.8. The summed E-state index contributed by atoms with van der Waals surface area (Å²) in [5.74, 6) is 0.853. The summed E-state index contributed by atoms with van der Waals surface area (Å²) >= 11 is 0. The molecule has 0 saturated heterocycles. The van der Waals surface area contributed by atoms with Crippen molar-refractivity contribution in [3.05, 3.63) is 53.6 Å². The van der Waals surface area contributed by atoms with E-state index in [2.05, 4.69) is 10.6 Å². The molecule has 0 heterocycles. The molecule has 0 bridgehead atoms. The van der Waals surface area contributed by atoms with Crippen LogP contribution in [0.1, 0.15) is 22.8 Å². The number of nitrogens with one attached hydrogen (secondary N) is 2. The molecule has 2 N–H and O–H groups in total. The van der Waals surface area contributed by atoms with Crippen LogP contribution in [0.2, 0.25) is 0 Å². The Hall–Kier alpha value is -3.42. The van der Waals surface area contributed by atoms with Crippen molar-refractivity contribution in [1.29, 1.82) is 0 Å². The molecule has 0 aliphatic carbocycles. The fourth-order valence-electron chi connectivity index (χ4n) is 2.51. The number of hydrogen-bond donors (Lipinski definition) is 2. The van der Waals surface area contributed by atoms with Crippen LogP contribution in [-0.4, -0.2) is 45.9 Å². The lowest BCUT2D eigenvalue weighted by atomic mass is 10.1. The van der Waals surface area contributed by atoms with Gasteiger partial charge in [0, 0.05) is 18.7 Å². The monoisotopic (exact) mass is 402 g/mol. The summed E-state index contributed by atoms with van der Waals surface area (Å²) in [6.07, 6.45) is -0.523. The highest BCUT2D eigenvalue weighted by atomic mass is 16.5. The first-order valence-electron chi connectivity index (χ1n) is 9.20. The van der Waals surface area contributed by atoms with Crippen molar-refractivity contribution in [2.75, 3.05) is 33.9 Å². The molecule has 0 saturated carbocycles. The maximum atomic E-state index is 12.4. The van der Waals surface area contributed by atoms with E-state index in [0.717, 1.165) is 5.56 Å². The minimum Gasteiger partial charge on any atom is -0.493 e. The van der Waals surface area contributed by atoms with Crippen LogP contribution < -0.4 is 24.8 Å². The fraction of sp³-hybridized carbons (Fsp3) is 0.333. The molecule has 0 fully saturated rings. The molecule has 0 unspecified atom stereocenters. The third-order valence-electron chi connectivity index (χ3n) is 3.90. The highest BCUT2D eigenvalue weighted by Gasteiger charge is 2.18. The largest absolute Gasteiger partial charge is 0.493 e. The Morgan fingerprint density at radius 3 is 2.14 bits per heavy atom. The Kier molecular flexibility index (Phi) is 8.62. The lowest BCUT2D eigenvalue weighted by Gasteiger charge is -2.16. The standard InChI is InChI=1S/C21H26N2O6/c1-4-28-21(25)23-11-10-22-20(24)16-12-17(26-2)19(18(13-16)27-3)29-14-15-8-6-5-7-9-15/h5-9,12-13H,4,10-11,14H2,1-3H3,(H,22,24)(H,23,25). The number of ether oxygens (including phenoxy) is 4. The molecule has 0 aromatic heterocycles. The summed E-state index contributed by atoms with van der Waals surface area (Å²) in [4.78, 5) is 23.7. The molecule has 0 spiro atoms. The van der Waals surface area contributed by atoms with Gasteiger partial charge in [-0.05, 0) is 24.6 Å². The highest BCUT2D eigenvalue weighted by molar-refractivity contribution is 5.95. The maximum Gasteiger partial charge on any atom is 0.407 e. The van der Waals surface area contributed by atoms with E-state index in [1.165, 1.54) is 14.2 Å². The molecule has 8 heteroatoms. The van der Waals surface area contributed by atoms with Crippen LogP contribution in [0.5, 0.6) is 17.2 Å². The Balaban J connectivity index is 2.03.